The van der Waals surface area contributed by atoms with E-state index in [1.54, 1.807) is 24.3 Å². The van der Waals surface area contributed by atoms with Gasteiger partial charge in [0.2, 0.25) is 0 Å². The molecule has 2 N–H and O–H groups in total. The van der Waals surface area contributed by atoms with E-state index in [9.17, 15) is 20.0 Å². The number of amides is 1. The normalized spacial score (nSPS) is 10.9. The molecule has 10 heteroatoms. The van der Waals surface area contributed by atoms with Crippen LogP contribution in [0.4, 0.5) is 5.69 Å². The molecular formula is C17H13N5O5. The summed E-state index contributed by atoms with van der Waals surface area (Å²) < 4.78 is 4.89. The van der Waals surface area contributed by atoms with Gasteiger partial charge in [0.1, 0.15) is 5.69 Å². The lowest BCUT2D eigenvalue weighted by Crippen LogP contribution is -2.19. The minimum absolute atomic E-state index is 0.00551. The zero-order valence-electron chi connectivity index (χ0n) is 14.0. The number of carbonyl (C=O) groups excluding carboxylic acids is 1. The Balaban J connectivity index is 1.81. The number of nitrogens with zero attached hydrogens (tertiary/aromatic N) is 4. The third kappa shape index (κ3) is 3.79. The molecule has 0 atom stereocenters. The van der Waals surface area contributed by atoms with Gasteiger partial charge in [-0.15, -0.1) is 0 Å². The van der Waals surface area contributed by atoms with Crippen LogP contribution in [0.3, 0.4) is 0 Å². The largest absolute Gasteiger partial charge is 0.504 e. The molecule has 136 valence electrons. The van der Waals surface area contributed by atoms with Crippen LogP contribution in [0.5, 0.6) is 11.5 Å². The number of hydrogen-bond donors (Lipinski definition) is 2. The fraction of sp³-hybridized carbons (Fsp3) is 0.0588. The summed E-state index contributed by atoms with van der Waals surface area (Å²) in [5.74, 6) is -1.05. The van der Waals surface area contributed by atoms with Crippen LogP contribution in [-0.4, -0.2) is 39.2 Å². The number of aromatic hydroxyl groups is 1. The number of nitro benzene ring substituents is 1. The van der Waals surface area contributed by atoms with E-state index in [4.69, 9.17) is 4.74 Å². The summed E-state index contributed by atoms with van der Waals surface area (Å²) in [6, 6.07) is 9.24. The number of nitro groups is 1. The number of nitrogens with one attached hydrogen (secondary N) is 1. The number of aromatic nitrogens is 2. The fourth-order valence-electron chi connectivity index (χ4n) is 2.26. The molecule has 0 aliphatic rings. The molecule has 1 heterocycles. The van der Waals surface area contributed by atoms with Crippen molar-refractivity contribution in [2.45, 2.75) is 0 Å². The lowest BCUT2D eigenvalue weighted by atomic mass is 10.2. The molecule has 0 saturated heterocycles. The highest BCUT2D eigenvalue weighted by Gasteiger charge is 2.16. The Morgan fingerprint density at radius 3 is 2.78 bits per heavy atom. The second-order valence-corrected chi connectivity index (χ2v) is 5.29. The summed E-state index contributed by atoms with van der Waals surface area (Å²) >= 11 is 0. The summed E-state index contributed by atoms with van der Waals surface area (Å²) in [4.78, 5) is 30.8. The van der Waals surface area contributed by atoms with Crippen LogP contribution in [0, 0.1) is 10.1 Å². The van der Waals surface area contributed by atoms with Crippen molar-refractivity contribution in [3.63, 3.8) is 0 Å². The number of carbonyl (C=O) groups is 1. The Bertz CT molecular complexity index is 1070. The van der Waals surface area contributed by atoms with Crippen LogP contribution in [0.25, 0.3) is 11.0 Å². The Morgan fingerprint density at radius 2 is 2.07 bits per heavy atom. The molecule has 3 rings (SSSR count). The number of phenolic OH excluding ortho intramolecular Hbond substituents is 1. The van der Waals surface area contributed by atoms with Crippen molar-refractivity contribution in [3.05, 3.63) is 64.0 Å². The summed E-state index contributed by atoms with van der Waals surface area (Å²) in [7, 11) is 1.26. The number of phenols is 1. The molecule has 0 spiro atoms. The standard InChI is InChI=1S/C17H13N5O5/c1-27-15-7-11(22(25)26)6-10(16(15)23)8-19-21-17(24)14-9-18-12-4-2-3-5-13(12)20-14/h2-9,23H,1H3,(H,21,24)/b19-8+. The van der Waals surface area contributed by atoms with Crippen molar-refractivity contribution in [2.75, 3.05) is 7.11 Å². The van der Waals surface area contributed by atoms with Gasteiger partial charge in [-0.05, 0) is 12.1 Å². The van der Waals surface area contributed by atoms with E-state index >= 15 is 0 Å². The van der Waals surface area contributed by atoms with E-state index in [0.717, 1.165) is 18.3 Å². The fourth-order valence-corrected chi connectivity index (χ4v) is 2.26. The van der Waals surface area contributed by atoms with Crippen molar-refractivity contribution >= 4 is 28.8 Å². The minimum atomic E-state index is -0.636. The second-order valence-electron chi connectivity index (χ2n) is 5.29. The predicted molar refractivity (Wildman–Crippen MR) is 95.9 cm³/mol. The van der Waals surface area contributed by atoms with E-state index in [0.29, 0.717) is 11.0 Å². The highest BCUT2D eigenvalue weighted by atomic mass is 16.6. The predicted octanol–water partition coefficient (Wildman–Crippen LogP) is 2.02. The Kier molecular flexibility index (Phi) is 4.88. The van der Waals surface area contributed by atoms with E-state index in [2.05, 4.69) is 20.5 Å². The zero-order chi connectivity index (χ0) is 19.4. The lowest BCUT2D eigenvalue weighted by Gasteiger charge is -2.06. The summed E-state index contributed by atoms with van der Waals surface area (Å²) in [5, 5.41) is 24.7. The van der Waals surface area contributed by atoms with Gasteiger partial charge in [-0.3, -0.25) is 19.9 Å². The molecule has 3 aromatic rings. The Morgan fingerprint density at radius 1 is 1.33 bits per heavy atom. The summed E-state index contributed by atoms with van der Waals surface area (Å²) in [6.07, 6.45) is 2.37. The number of hydrazone groups is 1. The molecule has 10 nitrogen and oxygen atoms in total. The maximum absolute atomic E-state index is 12.1. The van der Waals surface area contributed by atoms with Crippen LogP contribution in [0.2, 0.25) is 0 Å². The van der Waals surface area contributed by atoms with Gasteiger partial charge in [-0.1, -0.05) is 12.1 Å². The van der Waals surface area contributed by atoms with E-state index in [-0.39, 0.29) is 28.4 Å². The van der Waals surface area contributed by atoms with Crippen molar-refractivity contribution in [2.24, 2.45) is 5.10 Å². The van der Waals surface area contributed by atoms with Crippen LogP contribution in [0.15, 0.2) is 47.7 Å². The Hall–Kier alpha value is -4.08. The van der Waals surface area contributed by atoms with Gasteiger partial charge in [0.15, 0.2) is 11.5 Å². The molecule has 0 aliphatic carbocycles. The quantitative estimate of drug-likeness (QED) is 0.399. The van der Waals surface area contributed by atoms with Crippen LogP contribution < -0.4 is 10.2 Å². The van der Waals surface area contributed by atoms with Crippen molar-refractivity contribution < 1.29 is 19.6 Å². The number of ether oxygens (including phenoxy) is 1. The zero-order valence-corrected chi connectivity index (χ0v) is 14.0. The number of rotatable bonds is 5. The number of fused-ring (bicyclic) bond motifs is 1. The minimum Gasteiger partial charge on any atom is -0.504 e. The van der Waals surface area contributed by atoms with Crippen molar-refractivity contribution in [1.29, 1.82) is 0 Å². The van der Waals surface area contributed by atoms with Gasteiger partial charge >= 0.3 is 0 Å². The average molecular weight is 367 g/mol. The topological polar surface area (TPSA) is 140 Å². The van der Waals surface area contributed by atoms with Gasteiger partial charge < -0.3 is 9.84 Å². The number of non-ortho nitro benzene ring substituents is 1. The first kappa shape index (κ1) is 17.7. The molecule has 1 amide bonds. The lowest BCUT2D eigenvalue weighted by molar-refractivity contribution is -0.385. The SMILES string of the molecule is COc1cc([N+](=O)[O-])cc(/C=N/NC(=O)c2cnc3ccccc3n2)c1O. The first-order valence-corrected chi connectivity index (χ1v) is 7.60. The maximum atomic E-state index is 12.1. The second kappa shape index (κ2) is 7.44. The van der Waals surface area contributed by atoms with E-state index in [1.165, 1.54) is 13.3 Å². The number of hydrogen-bond acceptors (Lipinski definition) is 8. The van der Waals surface area contributed by atoms with Crippen molar-refractivity contribution in [1.82, 2.24) is 15.4 Å². The molecule has 0 unspecified atom stereocenters. The molecule has 27 heavy (non-hydrogen) atoms. The van der Waals surface area contributed by atoms with Gasteiger partial charge in [0, 0.05) is 11.6 Å². The van der Waals surface area contributed by atoms with E-state index in [1.807, 2.05) is 0 Å². The molecule has 0 bridgehead atoms. The molecule has 2 aromatic carbocycles. The third-order valence-electron chi connectivity index (χ3n) is 3.57. The average Bonchev–Trinajstić information content (AvgIpc) is 2.68. The van der Waals surface area contributed by atoms with Gasteiger partial charge in [-0.2, -0.15) is 5.10 Å². The van der Waals surface area contributed by atoms with Crippen LogP contribution >= 0.6 is 0 Å². The molecule has 0 fully saturated rings. The monoisotopic (exact) mass is 367 g/mol. The van der Waals surface area contributed by atoms with Gasteiger partial charge in [0.05, 0.1) is 41.5 Å². The maximum Gasteiger partial charge on any atom is 0.291 e. The highest BCUT2D eigenvalue weighted by molar-refractivity contribution is 5.95. The third-order valence-corrected chi connectivity index (χ3v) is 3.57. The van der Waals surface area contributed by atoms with Crippen molar-refractivity contribution in [3.8, 4) is 11.5 Å². The molecule has 0 saturated carbocycles. The molecule has 1 aromatic heterocycles. The Labute approximate surface area is 152 Å². The molecular weight excluding hydrogens is 354 g/mol. The number of methoxy groups -OCH3 is 1. The first-order valence-electron chi connectivity index (χ1n) is 7.60. The molecule has 0 radical (unpaired) electrons. The van der Waals surface area contributed by atoms with Crippen LogP contribution in [-0.2, 0) is 0 Å². The summed E-state index contributed by atoms with van der Waals surface area (Å²) in [5.41, 5.74) is 3.19. The van der Waals surface area contributed by atoms with Crippen LogP contribution in [0.1, 0.15) is 16.1 Å². The molecule has 0 aliphatic heterocycles. The summed E-state index contributed by atoms with van der Waals surface area (Å²) in [6.45, 7) is 0. The van der Waals surface area contributed by atoms with Gasteiger partial charge in [-0.25, -0.2) is 10.4 Å². The number of para-hydroxylation sites is 2. The first-order chi connectivity index (χ1) is 13.0. The van der Waals surface area contributed by atoms with E-state index < -0.39 is 10.8 Å². The highest BCUT2D eigenvalue weighted by Crippen LogP contribution is 2.33. The number of benzene rings is 2. The smallest absolute Gasteiger partial charge is 0.291 e. The van der Waals surface area contributed by atoms with Gasteiger partial charge in [0.25, 0.3) is 11.6 Å².